The highest BCUT2D eigenvalue weighted by Crippen LogP contribution is 2.24. The summed E-state index contributed by atoms with van der Waals surface area (Å²) in [7, 11) is -7.08. The van der Waals surface area contributed by atoms with E-state index < -0.39 is 19.7 Å². The molecule has 174 valence electrons. The van der Waals surface area contributed by atoms with Crippen LogP contribution < -0.4 is 0 Å². The summed E-state index contributed by atoms with van der Waals surface area (Å²) in [4.78, 5) is 8.66. The number of fused-ring (bicyclic) bond motifs is 2. The van der Waals surface area contributed by atoms with Crippen LogP contribution in [-0.2, 0) is 32.8 Å². The quantitative estimate of drug-likeness (QED) is 0.359. The molecule has 0 aliphatic rings. The number of nitrogens with zero attached hydrogens (tertiary/aromatic N) is 4. The Labute approximate surface area is 197 Å². The van der Waals surface area contributed by atoms with Crippen molar-refractivity contribution in [2.45, 2.75) is 23.4 Å². The van der Waals surface area contributed by atoms with Gasteiger partial charge < -0.3 is 9.13 Å². The molecule has 5 aromatic rings. The van der Waals surface area contributed by atoms with E-state index in [1.807, 2.05) is 60.7 Å². The molecule has 0 N–H and O–H groups in total. The van der Waals surface area contributed by atoms with Crippen molar-refractivity contribution in [1.82, 2.24) is 19.1 Å². The predicted molar refractivity (Wildman–Crippen MR) is 130 cm³/mol. The zero-order valence-corrected chi connectivity index (χ0v) is 20.2. The minimum atomic E-state index is -3.54. The van der Waals surface area contributed by atoms with E-state index in [9.17, 15) is 16.8 Å². The lowest BCUT2D eigenvalue weighted by molar-refractivity contribution is 0.581. The number of hydrogen-bond donors (Lipinski definition) is 0. The third kappa shape index (κ3) is 4.10. The van der Waals surface area contributed by atoms with E-state index in [-0.39, 0.29) is 10.3 Å². The zero-order valence-electron chi connectivity index (χ0n) is 18.6. The molecule has 2 aromatic heterocycles. The standard InChI is InChI=1S/C24H22N4O4S2/c1-33(29,30)23-25-19-10-3-5-12-21(19)27(23)15-17-8-7-9-18(14-17)16-28-22-13-6-4-11-20(22)26-24(28)34(2,31)32/h3-14H,15-16H2,1-2H3. The molecule has 0 aliphatic heterocycles. The highest BCUT2D eigenvalue weighted by molar-refractivity contribution is 7.90. The fourth-order valence-corrected chi connectivity index (χ4v) is 5.82. The maximum atomic E-state index is 12.4. The molecule has 0 saturated carbocycles. The molecular weight excluding hydrogens is 472 g/mol. The number of hydrogen-bond acceptors (Lipinski definition) is 6. The first-order valence-electron chi connectivity index (χ1n) is 10.5. The maximum absolute atomic E-state index is 12.4. The Morgan fingerprint density at radius 3 is 1.44 bits per heavy atom. The van der Waals surface area contributed by atoms with Crippen LogP contribution in [0.3, 0.4) is 0 Å². The summed E-state index contributed by atoms with van der Waals surface area (Å²) in [5.41, 5.74) is 4.43. The van der Waals surface area contributed by atoms with Crippen LogP contribution in [0.4, 0.5) is 0 Å². The van der Waals surface area contributed by atoms with Gasteiger partial charge in [-0.15, -0.1) is 0 Å². The van der Waals surface area contributed by atoms with Crippen molar-refractivity contribution >= 4 is 41.7 Å². The average molecular weight is 495 g/mol. The van der Waals surface area contributed by atoms with E-state index in [4.69, 9.17) is 0 Å². The second kappa shape index (κ2) is 8.07. The van der Waals surface area contributed by atoms with Gasteiger partial charge in [-0.2, -0.15) is 0 Å². The molecule has 34 heavy (non-hydrogen) atoms. The Hall–Kier alpha value is -3.50. The normalized spacial score (nSPS) is 12.5. The lowest BCUT2D eigenvalue weighted by Gasteiger charge is -2.12. The Morgan fingerprint density at radius 2 is 1.03 bits per heavy atom. The molecule has 8 nitrogen and oxygen atoms in total. The number of imidazole rings is 2. The summed E-state index contributed by atoms with van der Waals surface area (Å²) >= 11 is 0. The number of benzene rings is 3. The molecule has 0 radical (unpaired) electrons. The van der Waals surface area contributed by atoms with E-state index in [1.165, 1.54) is 0 Å². The molecule has 0 unspecified atom stereocenters. The fraction of sp³-hybridized carbons (Fsp3) is 0.167. The SMILES string of the molecule is CS(=O)(=O)c1nc2ccccc2n1Cc1cccc(Cn2c(S(C)(=O)=O)nc3ccccc32)c1. The lowest BCUT2D eigenvalue weighted by atomic mass is 10.1. The number of aromatic nitrogens is 4. The molecule has 0 bridgehead atoms. The molecular formula is C24H22N4O4S2. The van der Waals surface area contributed by atoms with Crippen LogP contribution in [0, 0.1) is 0 Å². The number of para-hydroxylation sites is 4. The van der Waals surface area contributed by atoms with E-state index in [0.717, 1.165) is 34.7 Å². The topological polar surface area (TPSA) is 104 Å². The van der Waals surface area contributed by atoms with Gasteiger partial charge in [-0.3, -0.25) is 0 Å². The highest BCUT2D eigenvalue weighted by atomic mass is 32.2. The molecule has 0 amide bonds. The largest absolute Gasteiger partial charge is 0.310 e. The first kappa shape index (κ1) is 22.3. The molecule has 5 rings (SSSR count). The van der Waals surface area contributed by atoms with Gasteiger partial charge in [-0.1, -0.05) is 48.5 Å². The molecule has 0 atom stereocenters. The average Bonchev–Trinajstić information content (AvgIpc) is 3.33. The fourth-order valence-electron chi connectivity index (χ4n) is 4.17. The van der Waals surface area contributed by atoms with Crippen molar-refractivity contribution < 1.29 is 16.8 Å². The summed E-state index contributed by atoms with van der Waals surface area (Å²) in [6.07, 6.45) is 2.30. The number of rotatable bonds is 6. The van der Waals surface area contributed by atoms with Gasteiger partial charge >= 0.3 is 0 Å². The third-order valence-electron chi connectivity index (χ3n) is 5.58. The first-order chi connectivity index (χ1) is 16.1. The van der Waals surface area contributed by atoms with Crippen LogP contribution >= 0.6 is 0 Å². The monoisotopic (exact) mass is 494 g/mol. The Kier molecular flexibility index (Phi) is 5.29. The van der Waals surface area contributed by atoms with Gasteiger partial charge in [0.1, 0.15) is 0 Å². The molecule has 2 heterocycles. The summed E-state index contributed by atoms with van der Waals surface area (Å²) in [6, 6.07) is 22.2. The first-order valence-corrected chi connectivity index (χ1v) is 14.3. The van der Waals surface area contributed by atoms with Crippen molar-refractivity contribution in [3.63, 3.8) is 0 Å². The predicted octanol–water partition coefficient (Wildman–Crippen LogP) is 3.29. The van der Waals surface area contributed by atoms with Gasteiger partial charge in [0.15, 0.2) is 0 Å². The molecule has 0 saturated heterocycles. The van der Waals surface area contributed by atoms with Crippen LogP contribution in [0.1, 0.15) is 11.1 Å². The van der Waals surface area contributed by atoms with E-state index in [2.05, 4.69) is 9.97 Å². The van der Waals surface area contributed by atoms with Crippen molar-refractivity contribution in [3.8, 4) is 0 Å². The van der Waals surface area contributed by atoms with Gasteiger partial charge in [0, 0.05) is 12.5 Å². The van der Waals surface area contributed by atoms with Gasteiger partial charge in [0.05, 0.1) is 35.2 Å². The van der Waals surface area contributed by atoms with Gasteiger partial charge in [0.25, 0.3) is 0 Å². The van der Waals surface area contributed by atoms with Crippen LogP contribution in [0.2, 0.25) is 0 Å². The van der Waals surface area contributed by atoms with E-state index >= 15 is 0 Å². The maximum Gasteiger partial charge on any atom is 0.228 e. The molecule has 0 aliphatic carbocycles. The minimum absolute atomic E-state index is 0.0130. The van der Waals surface area contributed by atoms with Gasteiger partial charge in [0.2, 0.25) is 30.0 Å². The smallest absolute Gasteiger partial charge is 0.228 e. The Morgan fingerprint density at radius 1 is 0.618 bits per heavy atom. The van der Waals surface area contributed by atoms with Gasteiger partial charge in [-0.05, 0) is 35.4 Å². The summed E-state index contributed by atoms with van der Waals surface area (Å²) in [5, 5.41) is 0.0261. The van der Waals surface area contributed by atoms with Gasteiger partial charge in [-0.25, -0.2) is 26.8 Å². The Bertz CT molecular complexity index is 1640. The summed E-state index contributed by atoms with van der Waals surface area (Å²) < 4.78 is 53.0. The highest BCUT2D eigenvalue weighted by Gasteiger charge is 2.21. The van der Waals surface area contributed by atoms with Crippen LogP contribution in [-0.4, -0.2) is 48.4 Å². The van der Waals surface area contributed by atoms with Crippen molar-refractivity contribution in [1.29, 1.82) is 0 Å². The molecule has 0 spiro atoms. The minimum Gasteiger partial charge on any atom is -0.310 e. The molecule has 3 aromatic carbocycles. The van der Waals surface area contributed by atoms with Crippen LogP contribution in [0.5, 0.6) is 0 Å². The van der Waals surface area contributed by atoms with Crippen molar-refractivity contribution in [2.24, 2.45) is 0 Å². The van der Waals surface area contributed by atoms with Crippen LogP contribution in [0.25, 0.3) is 22.1 Å². The lowest BCUT2D eigenvalue weighted by Crippen LogP contribution is -2.12. The molecule has 0 fully saturated rings. The van der Waals surface area contributed by atoms with Crippen LogP contribution in [0.15, 0.2) is 83.1 Å². The van der Waals surface area contributed by atoms with Crippen molar-refractivity contribution in [3.05, 3.63) is 83.9 Å². The molecule has 10 heteroatoms. The Balaban J connectivity index is 1.56. The van der Waals surface area contributed by atoms with E-state index in [0.29, 0.717) is 24.1 Å². The van der Waals surface area contributed by atoms with E-state index in [1.54, 1.807) is 21.3 Å². The summed E-state index contributed by atoms with van der Waals surface area (Å²) in [5.74, 6) is 0. The zero-order chi connectivity index (χ0) is 24.1. The summed E-state index contributed by atoms with van der Waals surface area (Å²) in [6.45, 7) is 0.612. The second-order valence-corrected chi connectivity index (χ2v) is 12.1. The third-order valence-corrected chi connectivity index (χ3v) is 7.53. The van der Waals surface area contributed by atoms with Crippen molar-refractivity contribution in [2.75, 3.05) is 12.5 Å². The second-order valence-electron chi connectivity index (χ2n) is 8.30. The number of sulfone groups is 2.